The zero-order valence-electron chi connectivity index (χ0n) is 13.5. The Hall–Kier alpha value is -2.96. The van der Waals surface area contributed by atoms with Crippen LogP contribution in [0.15, 0.2) is 36.5 Å². The Kier molecular flexibility index (Phi) is 4.41. The van der Waals surface area contributed by atoms with Crippen molar-refractivity contribution in [3.05, 3.63) is 47.8 Å². The number of carbonyl (C=O) groups excluding carboxylic acids is 2. The van der Waals surface area contributed by atoms with Gasteiger partial charge in [-0.2, -0.15) is 0 Å². The molecule has 0 spiro atoms. The van der Waals surface area contributed by atoms with Gasteiger partial charge in [0.25, 0.3) is 5.91 Å². The van der Waals surface area contributed by atoms with E-state index in [1.807, 2.05) is 12.1 Å². The van der Waals surface area contributed by atoms with Gasteiger partial charge < -0.3 is 24.7 Å². The topological polar surface area (TPSA) is 81.6 Å². The molecule has 3 rings (SSSR count). The predicted octanol–water partition coefficient (Wildman–Crippen LogP) is 0.934. The summed E-state index contributed by atoms with van der Waals surface area (Å²) in [6.45, 7) is 0.694. The van der Waals surface area contributed by atoms with Gasteiger partial charge in [0.2, 0.25) is 5.91 Å². The molecule has 0 radical (unpaired) electrons. The molecule has 1 aromatic carbocycles. The average Bonchev–Trinajstić information content (AvgIpc) is 3.08. The Labute approximate surface area is 139 Å². The van der Waals surface area contributed by atoms with Crippen molar-refractivity contribution in [2.24, 2.45) is 0 Å². The first kappa shape index (κ1) is 15.9. The molecule has 7 heteroatoms. The second kappa shape index (κ2) is 6.66. The minimum Gasteiger partial charge on any atom is -0.493 e. The molecule has 1 unspecified atom stereocenters. The van der Waals surface area contributed by atoms with Gasteiger partial charge in [0.05, 0.1) is 20.8 Å². The Morgan fingerprint density at radius 3 is 2.88 bits per heavy atom. The van der Waals surface area contributed by atoms with Crippen molar-refractivity contribution >= 4 is 11.8 Å². The number of hydrogen-bond donors (Lipinski definition) is 2. The molecule has 2 N–H and O–H groups in total. The average molecular weight is 329 g/mol. The smallest absolute Gasteiger partial charge is 0.268 e. The number of rotatable bonds is 5. The molecule has 0 saturated carbocycles. The number of aromatic nitrogens is 1. The van der Waals surface area contributed by atoms with E-state index in [-0.39, 0.29) is 18.4 Å². The van der Waals surface area contributed by atoms with Gasteiger partial charge in [-0.05, 0) is 18.2 Å². The van der Waals surface area contributed by atoms with Gasteiger partial charge >= 0.3 is 0 Å². The van der Waals surface area contributed by atoms with Crippen LogP contribution < -0.4 is 20.1 Å². The molecule has 0 bridgehead atoms. The highest BCUT2D eigenvalue weighted by atomic mass is 16.5. The van der Waals surface area contributed by atoms with Crippen molar-refractivity contribution in [2.45, 2.75) is 19.1 Å². The number of nitrogens with zero attached hydrogens (tertiary/aromatic N) is 1. The van der Waals surface area contributed by atoms with Gasteiger partial charge in [-0.3, -0.25) is 9.59 Å². The number of carbonyl (C=O) groups is 2. The zero-order chi connectivity index (χ0) is 17.1. The normalized spacial score (nSPS) is 16.1. The van der Waals surface area contributed by atoms with Crippen LogP contribution in [0, 0.1) is 0 Å². The highest BCUT2D eigenvalue weighted by molar-refractivity contribution is 5.97. The van der Waals surface area contributed by atoms with Gasteiger partial charge in [-0.15, -0.1) is 0 Å². The summed E-state index contributed by atoms with van der Waals surface area (Å²) in [5, 5.41) is 5.55. The Bertz CT molecular complexity index is 769. The minimum atomic E-state index is -0.603. The maximum atomic E-state index is 12.4. The third-order valence-electron chi connectivity index (χ3n) is 4.00. The zero-order valence-corrected chi connectivity index (χ0v) is 13.5. The predicted molar refractivity (Wildman–Crippen MR) is 87.1 cm³/mol. The summed E-state index contributed by atoms with van der Waals surface area (Å²) in [7, 11) is 3.12. The molecule has 7 nitrogen and oxygen atoms in total. The molecule has 2 aromatic rings. The fraction of sp³-hybridized carbons (Fsp3) is 0.294. The number of fused-ring (bicyclic) bond motifs is 1. The standard InChI is InChI=1S/C17H19N3O4/c1-23-14-7-3-5-11(15(14)24-2)9-18-16(21)12-10-20-8-4-6-13(20)17(22)19-12/h3-8,12H,9-10H2,1-2H3,(H,18,21)(H,19,22). The van der Waals surface area contributed by atoms with Crippen LogP contribution in [0.25, 0.3) is 0 Å². The monoisotopic (exact) mass is 329 g/mol. The highest BCUT2D eigenvalue weighted by Gasteiger charge is 2.28. The van der Waals surface area contributed by atoms with E-state index in [1.54, 1.807) is 43.2 Å². The first-order valence-electron chi connectivity index (χ1n) is 7.57. The number of ether oxygens (including phenoxy) is 2. The van der Waals surface area contributed by atoms with E-state index in [0.717, 1.165) is 5.56 Å². The number of nitrogens with one attached hydrogen (secondary N) is 2. The van der Waals surface area contributed by atoms with Crippen molar-refractivity contribution in [3.63, 3.8) is 0 Å². The summed E-state index contributed by atoms with van der Waals surface area (Å²) in [4.78, 5) is 24.4. The maximum Gasteiger partial charge on any atom is 0.268 e. The van der Waals surface area contributed by atoms with Crippen molar-refractivity contribution < 1.29 is 19.1 Å². The fourth-order valence-electron chi connectivity index (χ4n) is 2.80. The van der Waals surface area contributed by atoms with Crippen molar-refractivity contribution in [1.29, 1.82) is 0 Å². The lowest BCUT2D eigenvalue weighted by atomic mass is 10.1. The molecule has 1 aliphatic rings. The van der Waals surface area contributed by atoms with Gasteiger partial charge in [0, 0.05) is 18.3 Å². The lowest BCUT2D eigenvalue weighted by Gasteiger charge is -2.25. The van der Waals surface area contributed by atoms with Gasteiger partial charge in [-0.1, -0.05) is 12.1 Å². The van der Waals surface area contributed by atoms with E-state index in [2.05, 4.69) is 10.6 Å². The van der Waals surface area contributed by atoms with Gasteiger partial charge in [-0.25, -0.2) is 0 Å². The van der Waals surface area contributed by atoms with Crippen molar-refractivity contribution in [1.82, 2.24) is 15.2 Å². The third-order valence-corrected chi connectivity index (χ3v) is 4.00. The van der Waals surface area contributed by atoms with E-state index in [0.29, 0.717) is 23.7 Å². The summed E-state index contributed by atoms with van der Waals surface area (Å²) in [5.74, 6) is 0.700. The van der Waals surface area contributed by atoms with E-state index < -0.39 is 6.04 Å². The Morgan fingerprint density at radius 2 is 2.12 bits per heavy atom. The van der Waals surface area contributed by atoms with E-state index >= 15 is 0 Å². The van der Waals surface area contributed by atoms with Crippen LogP contribution in [-0.4, -0.2) is 36.6 Å². The molecule has 0 saturated heterocycles. The van der Waals surface area contributed by atoms with Crippen LogP contribution in [0.2, 0.25) is 0 Å². The number of methoxy groups -OCH3 is 2. The summed E-state index contributed by atoms with van der Waals surface area (Å²) in [6.07, 6.45) is 1.79. The first-order chi connectivity index (χ1) is 11.6. The molecule has 2 heterocycles. The SMILES string of the molecule is COc1cccc(CNC(=O)C2Cn3cccc3C(=O)N2)c1OC. The summed E-state index contributed by atoms with van der Waals surface area (Å²) < 4.78 is 12.4. The Morgan fingerprint density at radius 1 is 1.29 bits per heavy atom. The third kappa shape index (κ3) is 2.92. The number of benzene rings is 1. The van der Waals surface area contributed by atoms with Crippen molar-refractivity contribution in [2.75, 3.05) is 14.2 Å². The van der Waals surface area contributed by atoms with Gasteiger partial charge in [0.1, 0.15) is 11.7 Å². The molecule has 2 amide bonds. The van der Waals surface area contributed by atoms with Crippen LogP contribution in [0.1, 0.15) is 16.1 Å². The van der Waals surface area contributed by atoms with E-state index in [9.17, 15) is 9.59 Å². The fourth-order valence-corrected chi connectivity index (χ4v) is 2.80. The summed E-state index contributed by atoms with van der Waals surface area (Å²) in [6, 6.07) is 8.39. The van der Waals surface area contributed by atoms with Crippen LogP contribution in [0.4, 0.5) is 0 Å². The summed E-state index contributed by atoms with van der Waals surface area (Å²) in [5.41, 5.74) is 1.36. The molecule has 0 aliphatic carbocycles. The largest absolute Gasteiger partial charge is 0.493 e. The van der Waals surface area contributed by atoms with E-state index in [4.69, 9.17) is 9.47 Å². The molecule has 24 heavy (non-hydrogen) atoms. The minimum absolute atomic E-state index is 0.243. The maximum absolute atomic E-state index is 12.4. The number of amides is 2. The lowest BCUT2D eigenvalue weighted by molar-refractivity contribution is -0.123. The van der Waals surface area contributed by atoms with Crippen LogP contribution >= 0.6 is 0 Å². The summed E-state index contributed by atoms with van der Waals surface area (Å²) >= 11 is 0. The molecule has 126 valence electrons. The quantitative estimate of drug-likeness (QED) is 0.855. The Balaban J connectivity index is 1.68. The highest BCUT2D eigenvalue weighted by Crippen LogP contribution is 2.30. The van der Waals surface area contributed by atoms with Crippen LogP contribution in [0.3, 0.4) is 0 Å². The second-order valence-corrected chi connectivity index (χ2v) is 5.44. The van der Waals surface area contributed by atoms with Crippen LogP contribution in [-0.2, 0) is 17.9 Å². The lowest BCUT2D eigenvalue weighted by Crippen LogP contribution is -2.52. The van der Waals surface area contributed by atoms with Crippen molar-refractivity contribution in [3.8, 4) is 11.5 Å². The second-order valence-electron chi connectivity index (χ2n) is 5.44. The number of para-hydroxylation sites is 1. The molecule has 1 aliphatic heterocycles. The molecule has 0 fully saturated rings. The first-order valence-corrected chi connectivity index (χ1v) is 7.57. The van der Waals surface area contributed by atoms with Gasteiger partial charge in [0.15, 0.2) is 11.5 Å². The molecule has 1 atom stereocenters. The molecular weight excluding hydrogens is 310 g/mol. The van der Waals surface area contributed by atoms with Crippen LogP contribution in [0.5, 0.6) is 11.5 Å². The molecular formula is C17H19N3O4. The molecule has 1 aromatic heterocycles. The number of hydrogen-bond acceptors (Lipinski definition) is 4. The van der Waals surface area contributed by atoms with E-state index in [1.165, 1.54) is 0 Å².